The van der Waals surface area contributed by atoms with Crippen molar-refractivity contribution >= 4 is 30.7 Å². The molecule has 2 atom stereocenters. The fourth-order valence-electron chi connectivity index (χ4n) is 3.42. The predicted molar refractivity (Wildman–Crippen MR) is 109 cm³/mol. The number of rotatable bonds is 6. The number of carbonyl (C=O) groups excluding carboxylic acids is 1. The number of hydrogen-bond acceptors (Lipinski definition) is 3. The Morgan fingerprint density at radius 3 is 2.65 bits per heavy atom. The van der Waals surface area contributed by atoms with E-state index in [1.165, 1.54) is 5.56 Å². The van der Waals surface area contributed by atoms with Crippen LogP contribution in [0.3, 0.4) is 0 Å². The average Bonchev–Trinajstić information content (AvgIpc) is 3.18. The second-order valence-electron chi connectivity index (χ2n) is 6.77. The second-order valence-corrected chi connectivity index (χ2v) is 6.77. The first-order chi connectivity index (χ1) is 11.6. The zero-order valence-corrected chi connectivity index (χ0v) is 16.7. The Morgan fingerprint density at radius 2 is 2.00 bits per heavy atom. The van der Waals surface area contributed by atoms with Gasteiger partial charge >= 0.3 is 0 Å². The lowest BCUT2D eigenvalue weighted by Crippen LogP contribution is -2.33. The summed E-state index contributed by atoms with van der Waals surface area (Å²) >= 11 is 0. The molecule has 2 aromatic rings. The van der Waals surface area contributed by atoms with Crippen molar-refractivity contribution in [1.82, 2.24) is 14.5 Å². The molecule has 1 fully saturated rings. The molecule has 1 aliphatic rings. The highest BCUT2D eigenvalue weighted by molar-refractivity contribution is 5.85. The van der Waals surface area contributed by atoms with E-state index in [9.17, 15) is 4.79 Å². The minimum Gasteiger partial charge on any atom is -0.338 e. The largest absolute Gasteiger partial charge is 0.338 e. The van der Waals surface area contributed by atoms with Gasteiger partial charge in [-0.3, -0.25) is 4.79 Å². The first-order valence-corrected chi connectivity index (χ1v) is 8.67. The first-order valence-electron chi connectivity index (χ1n) is 8.67. The van der Waals surface area contributed by atoms with Gasteiger partial charge in [-0.15, -0.1) is 24.8 Å². The highest BCUT2D eigenvalue weighted by Gasteiger charge is 2.27. The molecule has 7 heteroatoms. The zero-order valence-electron chi connectivity index (χ0n) is 15.1. The molecule has 0 unspecified atom stereocenters. The van der Waals surface area contributed by atoms with Gasteiger partial charge in [0, 0.05) is 38.4 Å². The Hall–Kier alpha value is -1.56. The van der Waals surface area contributed by atoms with E-state index >= 15 is 0 Å². The zero-order chi connectivity index (χ0) is 16.9. The quantitative estimate of drug-likeness (QED) is 0.811. The highest BCUT2D eigenvalue weighted by Crippen LogP contribution is 2.27. The molecule has 1 aromatic heterocycles. The van der Waals surface area contributed by atoms with Crippen molar-refractivity contribution in [1.29, 1.82) is 0 Å². The van der Waals surface area contributed by atoms with Crippen LogP contribution < -0.4 is 5.73 Å². The van der Waals surface area contributed by atoms with Gasteiger partial charge < -0.3 is 15.2 Å². The number of imidazole rings is 1. The first kappa shape index (κ1) is 22.5. The van der Waals surface area contributed by atoms with Gasteiger partial charge in [0.1, 0.15) is 5.82 Å². The van der Waals surface area contributed by atoms with E-state index in [0.717, 1.165) is 31.6 Å². The van der Waals surface area contributed by atoms with E-state index in [2.05, 4.69) is 21.7 Å². The number of hydrogen-bond donors (Lipinski definition) is 1. The Bertz CT molecular complexity index is 677. The maximum atomic E-state index is 12.5. The van der Waals surface area contributed by atoms with Gasteiger partial charge in [0.25, 0.3) is 0 Å². The van der Waals surface area contributed by atoms with Crippen LogP contribution in [0, 0.1) is 5.92 Å². The molecule has 1 saturated carbocycles. The van der Waals surface area contributed by atoms with Crippen LogP contribution in [0.5, 0.6) is 0 Å². The van der Waals surface area contributed by atoms with Crippen molar-refractivity contribution < 1.29 is 4.79 Å². The van der Waals surface area contributed by atoms with Gasteiger partial charge in [0.05, 0.1) is 6.54 Å². The minimum atomic E-state index is 0. The highest BCUT2D eigenvalue weighted by atomic mass is 35.5. The Morgan fingerprint density at radius 1 is 1.27 bits per heavy atom. The van der Waals surface area contributed by atoms with Gasteiger partial charge in [-0.05, 0) is 24.3 Å². The van der Waals surface area contributed by atoms with Crippen molar-refractivity contribution in [3.05, 3.63) is 54.1 Å². The number of amides is 1. The van der Waals surface area contributed by atoms with E-state index < -0.39 is 0 Å². The van der Waals surface area contributed by atoms with Gasteiger partial charge in [-0.2, -0.15) is 0 Å². The van der Waals surface area contributed by atoms with E-state index in [1.807, 2.05) is 31.4 Å². The summed E-state index contributed by atoms with van der Waals surface area (Å²) in [6, 6.07) is 10.5. The Balaban J connectivity index is 0.00000169. The van der Waals surface area contributed by atoms with E-state index in [0.29, 0.717) is 18.9 Å². The number of benzene rings is 1. The fourth-order valence-corrected chi connectivity index (χ4v) is 3.42. The van der Waals surface area contributed by atoms with Gasteiger partial charge in [-0.25, -0.2) is 4.98 Å². The number of halogens is 2. The minimum absolute atomic E-state index is 0. The Labute approximate surface area is 167 Å². The smallest absolute Gasteiger partial charge is 0.223 e. The fraction of sp³-hybridized carbons (Fsp3) is 0.474. The molecule has 0 aliphatic heterocycles. The molecule has 1 heterocycles. The van der Waals surface area contributed by atoms with Crippen molar-refractivity contribution in [2.45, 2.75) is 44.8 Å². The van der Waals surface area contributed by atoms with Crippen molar-refractivity contribution in [2.24, 2.45) is 11.7 Å². The van der Waals surface area contributed by atoms with Gasteiger partial charge in [-0.1, -0.05) is 36.8 Å². The molecule has 26 heavy (non-hydrogen) atoms. The SMILES string of the molecule is CN(Cc1nccn1Cc1ccccc1)C(=O)C[C@@H]1CCC[C@H]1N.Cl.Cl. The number of nitrogens with two attached hydrogens (primary N) is 1. The lowest BCUT2D eigenvalue weighted by atomic mass is 9.99. The summed E-state index contributed by atoms with van der Waals surface area (Å²) in [5.41, 5.74) is 7.31. The molecule has 0 spiro atoms. The van der Waals surface area contributed by atoms with Crippen LogP contribution in [-0.2, 0) is 17.9 Å². The average molecular weight is 399 g/mol. The van der Waals surface area contributed by atoms with Crippen molar-refractivity contribution in [3.63, 3.8) is 0 Å². The molecule has 1 amide bonds. The van der Waals surface area contributed by atoms with Crippen LogP contribution in [0.1, 0.15) is 37.1 Å². The van der Waals surface area contributed by atoms with Crippen LogP contribution in [0.4, 0.5) is 0 Å². The summed E-state index contributed by atoms with van der Waals surface area (Å²) in [7, 11) is 1.85. The summed E-state index contributed by atoms with van der Waals surface area (Å²) < 4.78 is 2.10. The molecule has 0 radical (unpaired) electrons. The molecule has 144 valence electrons. The van der Waals surface area contributed by atoms with Crippen LogP contribution in [0.2, 0.25) is 0 Å². The van der Waals surface area contributed by atoms with Crippen LogP contribution >= 0.6 is 24.8 Å². The summed E-state index contributed by atoms with van der Waals surface area (Å²) in [6.45, 7) is 1.30. The van der Waals surface area contributed by atoms with Crippen LogP contribution in [0.25, 0.3) is 0 Å². The molecule has 1 aliphatic carbocycles. The molecular formula is C19H28Cl2N4O. The molecule has 1 aromatic carbocycles. The van der Waals surface area contributed by atoms with Gasteiger partial charge in [0.15, 0.2) is 0 Å². The Kier molecular flexibility index (Phi) is 9.13. The van der Waals surface area contributed by atoms with E-state index in [4.69, 9.17) is 5.73 Å². The maximum absolute atomic E-state index is 12.5. The molecule has 5 nitrogen and oxygen atoms in total. The maximum Gasteiger partial charge on any atom is 0.223 e. The summed E-state index contributed by atoms with van der Waals surface area (Å²) in [5, 5.41) is 0. The number of nitrogens with zero attached hydrogens (tertiary/aromatic N) is 3. The predicted octanol–water partition coefficient (Wildman–Crippen LogP) is 3.25. The van der Waals surface area contributed by atoms with Crippen molar-refractivity contribution in [3.8, 4) is 0 Å². The monoisotopic (exact) mass is 398 g/mol. The summed E-state index contributed by atoms with van der Waals surface area (Å²) in [4.78, 5) is 18.7. The van der Waals surface area contributed by atoms with Crippen LogP contribution in [0.15, 0.2) is 42.7 Å². The molecular weight excluding hydrogens is 371 g/mol. The number of carbonyl (C=O) groups is 1. The third-order valence-electron chi connectivity index (χ3n) is 4.96. The van der Waals surface area contributed by atoms with Crippen molar-refractivity contribution in [2.75, 3.05) is 7.05 Å². The summed E-state index contributed by atoms with van der Waals surface area (Å²) in [6.07, 6.45) is 7.57. The molecule has 0 saturated heterocycles. The molecule has 0 bridgehead atoms. The normalized spacial score (nSPS) is 18.7. The van der Waals surface area contributed by atoms with Gasteiger partial charge in [0.2, 0.25) is 5.91 Å². The third-order valence-corrected chi connectivity index (χ3v) is 4.96. The standard InChI is InChI=1S/C19H26N4O.2ClH/c1-22(19(24)12-16-8-5-9-17(16)20)14-18-21-10-11-23(18)13-15-6-3-2-4-7-15;;/h2-4,6-7,10-11,16-17H,5,8-9,12-14,20H2,1H3;2*1H/t16-,17+;;/m0../s1. The van der Waals surface area contributed by atoms with E-state index in [-0.39, 0.29) is 36.8 Å². The van der Waals surface area contributed by atoms with Crippen LogP contribution in [-0.4, -0.2) is 33.4 Å². The number of aromatic nitrogens is 2. The second kappa shape index (κ2) is 10.6. The lowest BCUT2D eigenvalue weighted by Gasteiger charge is -2.21. The van der Waals surface area contributed by atoms with E-state index in [1.54, 1.807) is 11.1 Å². The molecule has 2 N–H and O–H groups in total. The molecule has 3 rings (SSSR count). The third kappa shape index (κ3) is 5.73. The lowest BCUT2D eigenvalue weighted by molar-refractivity contribution is -0.131. The summed E-state index contributed by atoms with van der Waals surface area (Å²) in [5.74, 6) is 1.40. The topological polar surface area (TPSA) is 64.2 Å².